The average Bonchev–Trinajstić information content (AvgIpc) is 2.59. The molecule has 0 aliphatic rings. The van der Waals surface area contributed by atoms with E-state index in [0.29, 0.717) is 12.1 Å². The van der Waals surface area contributed by atoms with E-state index in [-0.39, 0.29) is 16.8 Å². The van der Waals surface area contributed by atoms with E-state index in [1.807, 2.05) is 39.8 Å². The monoisotopic (exact) mass is 365 g/mol. The van der Waals surface area contributed by atoms with E-state index in [1.54, 1.807) is 6.92 Å². The summed E-state index contributed by atoms with van der Waals surface area (Å²) in [7, 11) is 1.30. The maximum absolute atomic E-state index is 12.9. The Labute approximate surface area is 154 Å². The Balaban J connectivity index is 3.23. The molecule has 0 bridgehead atoms. The van der Waals surface area contributed by atoms with Crippen LogP contribution < -0.4 is 4.90 Å². The Hall–Kier alpha value is -1.82. The van der Waals surface area contributed by atoms with Gasteiger partial charge < -0.3 is 4.74 Å². The molecule has 0 heterocycles. The SMILES string of the molecule is CCCC(=O)SCC(=O)N(c1c(C)ccc(C)c1C)C(C)C(=O)OC. The first-order valence-electron chi connectivity index (χ1n) is 8.36. The van der Waals surface area contributed by atoms with Gasteiger partial charge in [-0.1, -0.05) is 30.8 Å². The minimum absolute atomic E-state index is 0.00693. The lowest BCUT2D eigenvalue weighted by molar-refractivity contribution is -0.142. The fourth-order valence-electron chi connectivity index (χ4n) is 2.61. The third-order valence-corrected chi connectivity index (χ3v) is 5.07. The summed E-state index contributed by atoms with van der Waals surface area (Å²) in [5, 5.41) is -0.0146. The van der Waals surface area contributed by atoms with Crippen LogP contribution in [0.2, 0.25) is 0 Å². The highest BCUT2D eigenvalue weighted by Crippen LogP contribution is 2.30. The molecule has 0 aliphatic carbocycles. The van der Waals surface area contributed by atoms with Crippen molar-refractivity contribution < 1.29 is 19.1 Å². The number of thioether (sulfide) groups is 1. The van der Waals surface area contributed by atoms with Crippen LogP contribution >= 0.6 is 11.8 Å². The third-order valence-electron chi connectivity index (χ3n) is 4.15. The molecule has 138 valence electrons. The number of ether oxygens (including phenoxy) is 1. The summed E-state index contributed by atoms with van der Waals surface area (Å²) in [6.07, 6.45) is 1.19. The van der Waals surface area contributed by atoms with Crippen molar-refractivity contribution in [3.05, 3.63) is 28.8 Å². The Morgan fingerprint density at radius 1 is 1.16 bits per heavy atom. The maximum Gasteiger partial charge on any atom is 0.328 e. The van der Waals surface area contributed by atoms with E-state index >= 15 is 0 Å². The minimum Gasteiger partial charge on any atom is -0.467 e. The highest BCUT2D eigenvalue weighted by atomic mass is 32.2. The van der Waals surface area contributed by atoms with Gasteiger partial charge in [-0.15, -0.1) is 0 Å². The molecule has 0 saturated carbocycles. The fourth-order valence-corrected chi connectivity index (χ4v) is 3.38. The second-order valence-electron chi connectivity index (χ2n) is 6.05. The topological polar surface area (TPSA) is 63.7 Å². The molecule has 0 N–H and O–H groups in total. The van der Waals surface area contributed by atoms with E-state index < -0.39 is 12.0 Å². The van der Waals surface area contributed by atoms with Crippen molar-refractivity contribution in [3.63, 3.8) is 0 Å². The van der Waals surface area contributed by atoms with Gasteiger partial charge in [0, 0.05) is 6.42 Å². The first-order valence-corrected chi connectivity index (χ1v) is 9.35. The smallest absolute Gasteiger partial charge is 0.328 e. The Bertz CT molecular complexity index is 657. The predicted octanol–water partition coefficient (Wildman–Crippen LogP) is 3.57. The van der Waals surface area contributed by atoms with Gasteiger partial charge in [-0.2, -0.15) is 0 Å². The number of amides is 1. The van der Waals surface area contributed by atoms with Crippen LogP contribution in [0.15, 0.2) is 12.1 Å². The molecule has 1 aromatic carbocycles. The summed E-state index contributed by atoms with van der Waals surface area (Å²) in [5.41, 5.74) is 3.59. The van der Waals surface area contributed by atoms with Gasteiger partial charge in [0.2, 0.25) is 5.91 Å². The molecule has 6 heteroatoms. The first kappa shape index (κ1) is 21.2. The molecule has 1 atom stereocenters. The molecule has 5 nitrogen and oxygen atoms in total. The maximum atomic E-state index is 12.9. The van der Waals surface area contributed by atoms with Crippen LogP contribution in [0.4, 0.5) is 5.69 Å². The largest absolute Gasteiger partial charge is 0.467 e. The van der Waals surface area contributed by atoms with Gasteiger partial charge in [0.15, 0.2) is 5.12 Å². The molecule has 0 fully saturated rings. The lowest BCUT2D eigenvalue weighted by atomic mass is 10.0. The van der Waals surface area contributed by atoms with Gasteiger partial charge in [-0.25, -0.2) is 4.79 Å². The first-order chi connectivity index (χ1) is 11.7. The molecule has 1 rings (SSSR count). The number of anilines is 1. The van der Waals surface area contributed by atoms with Crippen molar-refractivity contribution in [1.29, 1.82) is 0 Å². The van der Waals surface area contributed by atoms with E-state index in [2.05, 4.69) is 0 Å². The molecule has 25 heavy (non-hydrogen) atoms. The molecule has 0 spiro atoms. The normalized spacial score (nSPS) is 11.8. The Kier molecular flexibility index (Phi) is 8.16. The highest BCUT2D eigenvalue weighted by molar-refractivity contribution is 8.14. The number of benzene rings is 1. The van der Waals surface area contributed by atoms with E-state index in [9.17, 15) is 14.4 Å². The minimum atomic E-state index is -0.765. The number of esters is 1. The lowest BCUT2D eigenvalue weighted by Gasteiger charge is -2.31. The molecule has 0 aliphatic heterocycles. The molecule has 0 saturated heterocycles. The number of hydrogen-bond donors (Lipinski definition) is 0. The average molecular weight is 365 g/mol. The summed E-state index contributed by atoms with van der Waals surface area (Å²) in [6, 6.07) is 3.15. The second-order valence-corrected chi connectivity index (χ2v) is 7.08. The van der Waals surface area contributed by atoms with Crippen molar-refractivity contribution in [1.82, 2.24) is 0 Å². The number of carbonyl (C=O) groups is 3. The zero-order chi connectivity index (χ0) is 19.1. The number of hydrogen-bond acceptors (Lipinski definition) is 5. The zero-order valence-corrected chi connectivity index (χ0v) is 16.7. The standard InChI is InChI=1S/C19H27NO4S/c1-7-8-17(22)25-11-16(21)20(15(5)19(23)24-6)18-13(3)10-9-12(2)14(18)4/h9-10,15H,7-8,11H2,1-6H3. The number of aryl methyl sites for hydroxylation is 2. The Morgan fingerprint density at radius 2 is 1.76 bits per heavy atom. The van der Waals surface area contributed by atoms with Gasteiger partial charge in [0.05, 0.1) is 18.6 Å². The van der Waals surface area contributed by atoms with E-state index in [1.165, 1.54) is 12.0 Å². The number of rotatable bonds is 7. The molecule has 1 unspecified atom stereocenters. The van der Waals surface area contributed by atoms with Crippen molar-refractivity contribution >= 4 is 34.4 Å². The van der Waals surface area contributed by atoms with Crippen molar-refractivity contribution in [2.75, 3.05) is 17.8 Å². The number of carbonyl (C=O) groups excluding carboxylic acids is 3. The van der Waals surface area contributed by atoms with Gasteiger partial charge in [0.25, 0.3) is 0 Å². The van der Waals surface area contributed by atoms with Crippen LogP contribution in [0.5, 0.6) is 0 Å². The zero-order valence-electron chi connectivity index (χ0n) is 15.8. The molecule has 1 aromatic rings. The summed E-state index contributed by atoms with van der Waals surface area (Å²) in [4.78, 5) is 38.2. The van der Waals surface area contributed by atoms with Crippen LogP contribution in [-0.2, 0) is 19.1 Å². The van der Waals surface area contributed by atoms with Crippen molar-refractivity contribution in [3.8, 4) is 0 Å². The quantitative estimate of drug-likeness (QED) is 0.691. The summed E-state index contributed by atoms with van der Waals surface area (Å²) < 4.78 is 4.83. The lowest BCUT2D eigenvalue weighted by Crippen LogP contribution is -2.46. The number of nitrogens with zero attached hydrogens (tertiary/aromatic N) is 1. The van der Waals surface area contributed by atoms with Crippen LogP contribution in [0.3, 0.4) is 0 Å². The van der Waals surface area contributed by atoms with Crippen LogP contribution in [0, 0.1) is 20.8 Å². The van der Waals surface area contributed by atoms with Crippen molar-refractivity contribution in [2.45, 2.75) is 53.5 Å². The Morgan fingerprint density at radius 3 is 2.32 bits per heavy atom. The predicted molar refractivity (Wildman–Crippen MR) is 102 cm³/mol. The molecular formula is C19H27NO4S. The molecule has 0 radical (unpaired) electrons. The van der Waals surface area contributed by atoms with Crippen molar-refractivity contribution in [2.24, 2.45) is 0 Å². The van der Waals surface area contributed by atoms with Crippen LogP contribution in [-0.4, -0.2) is 35.9 Å². The summed E-state index contributed by atoms with van der Waals surface area (Å²) >= 11 is 1.00. The van der Waals surface area contributed by atoms with E-state index in [4.69, 9.17) is 4.74 Å². The molecule has 0 aromatic heterocycles. The van der Waals surface area contributed by atoms with Gasteiger partial charge in [-0.3, -0.25) is 14.5 Å². The van der Waals surface area contributed by atoms with Crippen LogP contribution in [0.1, 0.15) is 43.4 Å². The molecule has 1 amide bonds. The summed E-state index contributed by atoms with van der Waals surface area (Å²) in [5.74, 6) is -0.754. The van der Waals surface area contributed by atoms with Gasteiger partial charge >= 0.3 is 5.97 Å². The third kappa shape index (κ3) is 5.33. The second kappa shape index (κ2) is 9.61. The molecular weight excluding hydrogens is 338 g/mol. The van der Waals surface area contributed by atoms with Crippen LogP contribution in [0.25, 0.3) is 0 Å². The fraction of sp³-hybridized carbons (Fsp3) is 0.526. The van der Waals surface area contributed by atoms with E-state index in [0.717, 1.165) is 34.9 Å². The number of methoxy groups -OCH3 is 1. The highest BCUT2D eigenvalue weighted by Gasteiger charge is 2.30. The van der Waals surface area contributed by atoms with Gasteiger partial charge in [-0.05, 0) is 50.8 Å². The van der Waals surface area contributed by atoms with Gasteiger partial charge in [0.1, 0.15) is 6.04 Å². The summed E-state index contributed by atoms with van der Waals surface area (Å²) in [6.45, 7) is 9.36.